The first-order chi connectivity index (χ1) is 5.20. The van der Waals surface area contributed by atoms with Crippen LogP contribution in [0, 0.1) is 6.92 Å². The van der Waals surface area contributed by atoms with Crippen LogP contribution in [0.2, 0.25) is 0 Å². The molecule has 0 fully saturated rings. The molecule has 0 amide bonds. The predicted octanol–water partition coefficient (Wildman–Crippen LogP) is 3.03. The van der Waals surface area contributed by atoms with E-state index < -0.39 is 12.3 Å². The fourth-order valence-electron chi connectivity index (χ4n) is 1.45. The van der Waals surface area contributed by atoms with Gasteiger partial charge in [-0.15, -0.1) is 0 Å². The quantitative estimate of drug-likeness (QED) is 0.538. The van der Waals surface area contributed by atoms with Crippen LogP contribution in [0.4, 0.5) is 8.78 Å². The maximum atomic E-state index is 13.0. The molecule has 2 atom stereocenters. The molecule has 0 spiro atoms. The van der Waals surface area contributed by atoms with E-state index in [0.717, 1.165) is 5.56 Å². The highest BCUT2D eigenvalue weighted by molar-refractivity contribution is 5.40. The molecule has 0 aliphatic heterocycles. The Kier molecular flexibility index (Phi) is 1.25. The van der Waals surface area contributed by atoms with Crippen molar-refractivity contribution in [3.05, 3.63) is 34.9 Å². The highest BCUT2D eigenvalue weighted by Crippen LogP contribution is 2.43. The van der Waals surface area contributed by atoms with Gasteiger partial charge < -0.3 is 0 Å². The molecule has 1 aromatic carbocycles. The maximum Gasteiger partial charge on any atom is 0.161 e. The minimum absolute atomic E-state index is 0.470. The summed E-state index contributed by atoms with van der Waals surface area (Å²) in [6.07, 6.45) is -2.86. The average Bonchev–Trinajstić information content (AvgIpc) is 2.24. The van der Waals surface area contributed by atoms with Crippen molar-refractivity contribution in [2.45, 2.75) is 19.3 Å². The van der Waals surface area contributed by atoms with Gasteiger partial charge in [-0.1, -0.05) is 12.1 Å². The van der Waals surface area contributed by atoms with Gasteiger partial charge in [-0.25, -0.2) is 8.78 Å². The molecule has 0 aromatic heterocycles. The van der Waals surface area contributed by atoms with Gasteiger partial charge in [0.25, 0.3) is 0 Å². The molecule has 0 nitrogen and oxygen atoms in total. The summed E-state index contributed by atoms with van der Waals surface area (Å²) in [5.74, 6) is 0. The van der Waals surface area contributed by atoms with E-state index in [0.29, 0.717) is 11.1 Å². The van der Waals surface area contributed by atoms with Crippen LogP contribution in [0.5, 0.6) is 0 Å². The van der Waals surface area contributed by atoms with Crippen LogP contribution >= 0.6 is 0 Å². The normalized spacial score (nSPS) is 27.5. The molecule has 0 saturated heterocycles. The van der Waals surface area contributed by atoms with Crippen molar-refractivity contribution in [3.63, 3.8) is 0 Å². The summed E-state index contributed by atoms with van der Waals surface area (Å²) >= 11 is 0. The van der Waals surface area contributed by atoms with Crippen LogP contribution in [-0.2, 0) is 0 Å². The van der Waals surface area contributed by atoms with Gasteiger partial charge in [0.2, 0.25) is 0 Å². The third kappa shape index (κ3) is 0.785. The fraction of sp³-hybridized carbons (Fsp3) is 0.333. The minimum atomic E-state index is -1.43. The molecule has 11 heavy (non-hydrogen) atoms. The summed E-state index contributed by atoms with van der Waals surface area (Å²) in [6, 6.07) is 5.00. The second-order valence-corrected chi connectivity index (χ2v) is 2.92. The lowest BCUT2D eigenvalue weighted by molar-refractivity contribution is 0.182. The van der Waals surface area contributed by atoms with E-state index in [1.165, 1.54) is 0 Å². The van der Waals surface area contributed by atoms with Crippen LogP contribution in [-0.4, -0.2) is 0 Å². The lowest BCUT2D eigenvalue weighted by Gasteiger charge is -2.03. The number of aryl methyl sites for hydroxylation is 1. The number of benzene rings is 1. The number of rotatable bonds is 0. The van der Waals surface area contributed by atoms with E-state index in [-0.39, 0.29) is 0 Å². The molecule has 2 heteroatoms. The summed E-state index contributed by atoms with van der Waals surface area (Å²) in [6.45, 7) is 1.80. The lowest BCUT2D eigenvalue weighted by atomic mass is 10.1. The van der Waals surface area contributed by atoms with Crippen LogP contribution in [0.1, 0.15) is 29.0 Å². The molecular formula is C9H8F2. The van der Waals surface area contributed by atoms with Gasteiger partial charge in [-0.2, -0.15) is 0 Å². The summed E-state index contributed by atoms with van der Waals surface area (Å²) < 4.78 is 25.9. The zero-order chi connectivity index (χ0) is 8.01. The SMILES string of the molecule is Cc1ccc2cc1C(F)C2F. The van der Waals surface area contributed by atoms with E-state index in [1.807, 2.05) is 0 Å². The zero-order valence-electron chi connectivity index (χ0n) is 6.14. The van der Waals surface area contributed by atoms with Gasteiger partial charge in [-0.3, -0.25) is 0 Å². The van der Waals surface area contributed by atoms with Crippen molar-refractivity contribution in [3.8, 4) is 0 Å². The molecule has 0 N–H and O–H groups in total. The molecule has 2 rings (SSSR count). The largest absolute Gasteiger partial charge is 0.239 e. The van der Waals surface area contributed by atoms with Crippen molar-refractivity contribution in [1.82, 2.24) is 0 Å². The molecule has 58 valence electrons. The average molecular weight is 154 g/mol. The summed E-state index contributed by atoms with van der Waals surface area (Å²) in [4.78, 5) is 0. The lowest BCUT2D eigenvalue weighted by Crippen LogP contribution is -1.91. The van der Waals surface area contributed by atoms with Crippen LogP contribution in [0.3, 0.4) is 0 Å². The third-order valence-electron chi connectivity index (χ3n) is 2.18. The van der Waals surface area contributed by atoms with Crippen LogP contribution < -0.4 is 0 Å². The topological polar surface area (TPSA) is 0 Å². The Hall–Kier alpha value is -0.920. The highest BCUT2D eigenvalue weighted by Gasteiger charge is 2.31. The van der Waals surface area contributed by atoms with Gasteiger partial charge in [0.1, 0.15) is 0 Å². The number of fused-ring (bicyclic) bond motifs is 2. The van der Waals surface area contributed by atoms with Crippen molar-refractivity contribution in [2.24, 2.45) is 0 Å². The molecule has 0 saturated carbocycles. The monoisotopic (exact) mass is 154 g/mol. The summed E-state index contributed by atoms with van der Waals surface area (Å²) in [7, 11) is 0. The first-order valence-electron chi connectivity index (χ1n) is 3.59. The van der Waals surface area contributed by atoms with Gasteiger partial charge in [0, 0.05) is 0 Å². The predicted molar refractivity (Wildman–Crippen MR) is 38.9 cm³/mol. The fourth-order valence-corrected chi connectivity index (χ4v) is 1.45. The number of hydrogen-bond acceptors (Lipinski definition) is 0. The third-order valence-corrected chi connectivity index (χ3v) is 2.18. The first kappa shape index (κ1) is 6.77. The molecule has 0 radical (unpaired) electrons. The van der Waals surface area contributed by atoms with Crippen molar-refractivity contribution in [1.29, 1.82) is 0 Å². The van der Waals surface area contributed by atoms with E-state index in [1.54, 1.807) is 25.1 Å². The zero-order valence-corrected chi connectivity index (χ0v) is 6.14. The number of halogens is 2. The van der Waals surface area contributed by atoms with Gasteiger partial charge >= 0.3 is 0 Å². The standard InChI is InChI=1S/C9H8F2/c1-5-2-3-6-4-7(5)9(11)8(6)10/h2-4,8-9H,1H3. The van der Waals surface area contributed by atoms with Crippen LogP contribution in [0.15, 0.2) is 18.2 Å². The first-order valence-corrected chi connectivity index (χ1v) is 3.59. The number of hydrogen-bond donors (Lipinski definition) is 0. The minimum Gasteiger partial charge on any atom is -0.239 e. The van der Waals surface area contributed by atoms with E-state index in [4.69, 9.17) is 0 Å². The second-order valence-electron chi connectivity index (χ2n) is 2.92. The Labute approximate surface area is 63.9 Å². The van der Waals surface area contributed by atoms with E-state index in [2.05, 4.69) is 0 Å². The van der Waals surface area contributed by atoms with E-state index in [9.17, 15) is 8.78 Å². The van der Waals surface area contributed by atoms with Gasteiger partial charge in [0.05, 0.1) is 0 Å². The summed E-state index contributed by atoms with van der Waals surface area (Å²) in [5, 5.41) is 0. The Morgan fingerprint density at radius 2 is 1.91 bits per heavy atom. The molecule has 0 heterocycles. The Balaban J connectivity index is 2.59. The van der Waals surface area contributed by atoms with Crippen molar-refractivity contribution >= 4 is 0 Å². The molecule has 2 bridgehead atoms. The maximum absolute atomic E-state index is 13.0. The molecule has 1 aliphatic carbocycles. The molecule has 2 unspecified atom stereocenters. The Morgan fingerprint density at radius 1 is 1.18 bits per heavy atom. The second kappa shape index (κ2) is 2.03. The highest BCUT2D eigenvalue weighted by atomic mass is 19.2. The molecule has 1 aliphatic rings. The van der Waals surface area contributed by atoms with Gasteiger partial charge in [-0.05, 0) is 29.7 Å². The van der Waals surface area contributed by atoms with E-state index >= 15 is 0 Å². The van der Waals surface area contributed by atoms with Crippen LogP contribution in [0.25, 0.3) is 0 Å². The Bertz CT molecular complexity index is 294. The smallest absolute Gasteiger partial charge is 0.161 e. The molecule has 1 aromatic rings. The summed E-state index contributed by atoms with van der Waals surface area (Å²) in [5.41, 5.74) is 1.81. The van der Waals surface area contributed by atoms with Crippen molar-refractivity contribution in [2.75, 3.05) is 0 Å². The van der Waals surface area contributed by atoms with Gasteiger partial charge in [0.15, 0.2) is 12.3 Å². The number of alkyl halides is 2. The Morgan fingerprint density at radius 3 is 2.55 bits per heavy atom. The molecular weight excluding hydrogens is 146 g/mol. The van der Waals surface area contributed by atoms with Crippen molar-refractivity contribution < 1.29 is 8.78 Å².